The molecule has 0 radical (unpaired) electrons. The Kier molecular flexibility index (Phi) is 17.1. The highest BCUT2D eigenvalue weighted by atomic mass is 31.2. The van der Waals surface area contributed by atoms with E-state index in [1.165, 1.54) is 0 Å². The first-order valence-corrected chi connectivity index (χ1v) is 20.2. The standard InChI is InChI=1S/C42H55F3N3O8P/c1-10-36-38(56-57(54-25-24-46-7)48(28(2)3)29(4)5)30(6)37(47-40(49)42(43,44)45)39(55-36)52-26-27-53-41(31-14-12-11-13-15-31,32-16-20-34(50-8)21-17-32)33-18-22-35(51-9)23-19-33/h11-23,28-30,36-39H,10,24-27H2,1-6,8-9H3,(H,47,49). The quantitative estimate of drug-likeness (QED) is 0.0521. The number of ether oxygens (including phenoxy) is 5. The van der Waals surface area contributed by atoms with Gasteiger partial charge >= 0.3 is 12.1 Å². The molecule has 1 N–H and O–H groups in total. The molecule has 1 saturated heterocycles. The number of carbonyl (C=O) groups is 1. The van der Waals surface area contributed by atoms with Crippen molar-refractivity contribution in [3.05, 3.63) is 107 Å². The maximum absolute atomic E-state index is 13.8. The molecule has 0 saturated carbocycles. The number of benzene rings is 3. The van der Waals surface area contributed by atoms with Crippen LogP contribution in [0.2, 0.25) is 0 Å². The average Bonchev–Trinajstić information content (AvgIpc) is 3.19. The number of halogens is 3. The Morgan fingerprint density at radius 3 is 1.89 bits per heavy atom. The lowest BCUT2D eigenvalue weighted by molar-refractivity contribution is -0.253. The lowest BCUT2D eigenvalue weighted by Gasteiger charge is -2.47. The predicted molar refractivity (Wildman–Crippen MR) is 212 cm³/mol. The Morgan fingerprint density at radius 2 is 1.42 bits per heavy atom. The Bertz CT molecular complexity index is 1660. The Balaban J connectivity index is 1.66. The molecule has 15 heteroatoms. The van der Waals surface area contributed by atoms with Crippen molar-refractivity contribution < 1.29 is 50.7 Å². The van der Waals surface area contributed by atoms with Gasteiger partial charge in [-0.1, -0.05) is 68.4 Å². The number of hydrogen-bond donors (Lipinski definition) is 1. The van der Waals surface area contributed by atoms with Gasteiger partial charge in [-0.2, -0.15) is 13.2 Å². The first-order valence-electron chi connectivity index (χ1n) is 19.1. The van der Waals surface area contributed by atoms with Crippen molar-refractivity contribution in [2.45, 2.75) is 96.4 Å². The summed E-state index contributed by atoms with van der Waals surface area (Å²) >= 11 is 0. The van der Waals surface area contributed by atoms with Gasteiger partial charge in [-0.3, -0.25) is 4.79 Å². The molecule has 312 valence electrons. The Morgan fingerprint density at radius 1 is 0.877 bits per heavy atom. The van der Waals surface area contributed by atoms with Crippen molar-refractivity contribution in [3.63, 3.8) is 0 Å². The van der Waals surface area contributed by atoms with Crippen LogP contribution in [0.5, 0.6) is 11.5 Å². The van der Waals surface area contributed by atoms with Crippen LogP contribution < -0.4 is 14.8 Å². The van der Waals surface area contributed by atoms with E-state index in [2.05, 4.69) is 10.2 Å². The van der Waals surface area contributed by atoms with E-state index in [1.54, 1.807) is 21.1 Å². The second-order valence-electron chi connectivity index (χ2n) is 14.1. The SMILES string of the molecule is [C-]#[N+]CCOP(OC1C(CC)OC(OCCOC(c2ccccc2)(c2ccc(OC)cc2)c2ccc(OC)cc2)C(NC(=O)C(F)(F)F)C1C)N(C(C)C)C(C)C. The number of carbonyl (C=O) groups excluding carboxylic acids is 1. The van der Waals surface area contributed by atoms with E-state index in [9.17, 15) is 18.0 Å². The molecule has 1 fully saturated rings. The van der Waals surface area contributed by atoms with Crippen LogP contribution in [0, 0.1) is 12.5 Å². The predicted octanol–water partition coefficient (Wildman–Crippen LogP) is 8.51. The van der Waals surface area contributed by atoms with Gasteiger partial charge in [-0.05, 0) is 75.1 Å². The van der Waals surface area contributed by atoms with Crippen LogP contribution in [0.3, 0.4) is 0 Å². The number of amides is 1. The molecule has 1 aliphatic heterocycles. The number of hydrogen-bond acceptors (Lipinski definition) is 9. The minimum atomic E-state index is -5.15. The van der Waals surface area contributed by atoms with Crippen LogP contribution in [0.25, 0.3) is 4.85 Å². The molecule has 57 heavy (non-hydrogen) atoms. The molecule has 0 aliphatic carbocycles. The first kappa shape index (κ1) is 45.9. The maximum Gasteiger partial charge on any atom is 0.471 e. The van der Waals surface area contributed by atoms with Crippen molar-refractivity contribution in [2.75, 3.05) is 40.6 Å². The highest BCUT2D eigenvalue weighted by molar-refractivity contribution is 7.44. The molecule has 0 aromatic heterocycles. The zero-order chi connectivity index (χ0) is 41.8. The van der Waals surface area contributed by atoms with E-state index in [1.807, 2.05) is 118 Å². The molecule has 0 bridgehead atoms. The van der Waals surface area contributed by atoms with E-state index in [4.69, 9.17) is 39.3 Å². The highest BCUT2D eigenvalue weighted by Gasteiger charge is 2.50. The van der Waals surface area contributed by atoms with Crippen molar-refractivity contribution in [1.29, 1.82) is 0 Å². The Labute approximate surface area is 335 Å². The third kappa shape index (κ3) is 11.4. The minimum absolute atomic E-state index is 0.0143. The summed E-state index contributed by atoms with van der Waals surface area (Å²) in [5.74, 6) is -1.53. The molecule has 0 spiro atoms. The minimum Gasteiger partial charge on any atom is -0.497 e. The smallest absolute Gasteiger partial charge is 0.471 e. The number of nitrogens with zero attached hydrogens (tertiary/aromatic N) is 2. The number of nitrogens with one attached hydrogen (secondary N) is 1. The van der Waals surface area contributed by atoms with E-state index < -0.39 is 56.7 Å². The van der Waals surface area contributed by atoms with Gasteiger partial charge in [0.2, 0.25) is 6.54 Å². The molecule has 11 nitrogen and oxygen atoms in total. The van der Waals surface area contributed by atoms with Gasteiger partial charge in [0.05, 0.1) is 45.7 Å². The maximum atomic E-state index is 13.8. The highest BCUT2D eigenvalue weighted by Crippen LogP contribution is 2.50. The van der Waals surface area contributed by atoms with Crippen LogP contribution in [0.1, 0.15) is 64.7 Å². The Hall–Kier alpha value is -3.80. The molecule has 1 amide bonds. The summed E-state index contributed by atoms with van der Waals surface area (Å²) in [6.07, 6.45) is -7.44. The van der Waals surface area contributed by atoms with Crippen LogP contribution in [-0.4, -0.2) is 94.0 Å². The molecule has 4 rings (SSSR count). The fourth-order valence-corrected chi connectivity index (χ4v) is 8.85. The van der Waals surface area contributed by atoms with Crippen molar-refractivity contribution in [1.82, 2.24) is 9.99 Å². The summed E-state index contributed by atoms with van der Waals surface area (Å²) in [4.78, 5) is 15.9. The molecular weight excluding hydrogens is 762 g/mol. The van der Waals surface area contributed by atoms with Crippen LogP contribution in [0.4, 0.5) is 13.2 Å². The molecule has 1 heterocycles. The number of methoxy groups -OCH3 is 2. The summed E-state index contributed by atoms with van der Waals surface area (Å²) in [7, 11) is 1.40. The normalized spacial score (nSPS) is 20.7. The fourth-order valence-electron chi connectivity index (χ4n) is 7.02. The number of alkyl halides is 3. The molecule has 6 unspecified atom stereocenters. The molecular formula is C42H55F3N3O8P. The van der Waals surface area contributed by atoms with Gasteiger partial charge in [-0.25, -0.2) is 11.2 Å². The zero-order valence-corrected chi connectivity index (χ0v) is 34.7. The van der Waals surface area contributed by atoms with Crippen LogP contribution >= 0.6 is 8.53 Å². The largest absolute Gasteiger partial charge is 0.497 e. The summed E-state index contributed by atoms with van der Waals surface area (Å²) in [5, 5.41) is 2.14. The molecule has 3 aromatic rings. The van der Waals surface area contributed by atoms with Gasteiger partial charge < -0.3 is 42.9 Å². The van der Waals surface area contributed by atoms with Crippen molar-refractivity contribution >= 4 is 14.4 Å². The zero-order valence-electron chi connectivity index (χ0n) is 33.8. The second kappa shape index (κ2) is 21.3. The molecule has 1 aliphatic rings. The average molecular weight is 818 g/mol. The lowest BCUT2D eigenvalue weighted by Crippen LogP contribution is -2.62. The van der Waals surface area contributed by atoms with Gasteiger partial charge in [-0.15, -0.1) is 0 Å². The second-order valence-corrected chi connectivity index (χ2v) is 15.5. The van der Waals surface area contributed by atoms with Crippen molar-refractivity contribution in [2.24, 2.45) is 5.92 Å². The molecule has 6 atom stereocenters. The van der Waals surface area contributed by atoms with Crippen molar-refractivity contribution in [3.8, 4) is 11.5 Å². The summed E-state index contributed by atoms with van der Waals surface area (Å²) in [6.45, 7) is 18.8. The first-order chi connectivity index (χ1) is 27.2. The number of rotatable bonds is 20. The van der Waals surface area contributed by atoms with Gasteiger partial charge in [0.1, 0.15) is 23.7 Å². The van der Waals surface area contributed by atoms with Crippen LogP contribution in [0.15, 0.2) is 78.9 Å². The summed E-state index contributed by atoms with van der Waals surface area (Å²) in [6, 6.07) is 23.4. The van der Waals surface area contributed by atoms with E-state index in [-0.39, 0.29) is 38.4 Å². The fraction of sp³-hybridized carbons (Fsp3) is 0.524. The topological polar surface area (TPSA) is 101 Å². The third-order valence-corrected chi connectivity index (χ3v) is 11.9. The molecule has 3 aromatic carbocycles. The van der Waals surface area contributed by atoms with E-state index in [0.29, 0.717) is 17.9 Å². The van der Waals surface area contributed by atoms with E-state index >= 15 is 0 Å². The third-order valence-electron chi connectivity index (χ3n) is 9.73. The van der Waals surface area contributed by atoms with Gasteiger partial charge in [0.25, 0.3) is 8.53 Å². The van der Waals surface area contributed by atoms with Gasteiger partial charge in [0.15, 0.2) is 6.29 Å². The summed E-state index contributed by atoms with van der Waals surface area (Å²) in [5.41, 5.74) is 1.23. The van der Waals surface area contributed by atoms with Crippen LogP contribution in [-0.2, 0) is 33.7 Å². The summed E-state index contributed by atoms with van der Waals surface area (Å²) < 4.78 is 86.5. The van der Waals surface area contributed by atoms with E-state index in [0.717, 1.165) is 16.7 Å². The lowest BCUT2D eigenvalue weighted by atomic mass is 9.80. The van der Waals surface area contributed by atoms with Gasteiger partial charge in [0, 0.05) is 18.0 Å². The monoisotopic (exact) mass is 817 g/mol.